The third-order valence-electron chi connectivity index (χ3n) is 2.00. The van der Waals surface area contributed by atoms with Crippen LogP contribution in [0.1, 0.15) is 13.8 Å². The average molecular weight is 222 g/mol. The summed E-state index contributed by atoms with van der Waals surface area (Å²) in [5.74, 6) is 1.59. The van der Waals surface area contributed by atoms with E-state index in [1.54, 1.807) is 0 Å². The molecule has 0 saturated heterocycles. The molecule has 1 rings (SSSR count). The van der Waals surface area contributed by atoms with Crippen LogP contribution >= 0.6 is 0 Å². The van der Waals surface area contributed by atoms with Gasteiger partial charge >= 0.3 is 0 Å². The third-order valence-corrected chi connectivity index (χ3v) is 2.00. The van der Waals surface area contributed by atoms with Gasteiger partial charge < -0.3 is 14.8 Å². The molecule has 1 atom stereocenters. The van der Waals surface area contributed by atoms with Gasteiger partial charge in [-0.3, -0.25) is 0 Å². The Kier molecular flexibility index (Phi) is 5.72. The van der Waals surface area contributed by atoms with Crippen molar-refractivity contribution in [2.45, 2.75) is 19.9 Å². The molecule has 0 aromatic heterocycles. The van der Waals surface area contributed by atoms with E-state index in [2.05, 4.69) is 12.2 Å². The van der Waals surface area contributed by atoms with E-state index in [-0.39, 0.29) is 6.04 Å². The Morgan fingerprint density at radius 2 is 1.88 bits per heavy atom. The van der Waals surface area contributed by atoms with Crippen molar-refractivity contribution >= 4 is 0 Å². The smallest absolute Gasteiger partial charge is 0.161 e. The number of hydrogen-bond acceptors (Lipinski definition) is 3. The molecule has 89 valence electrons. The van der Waals surface area contributed by atoms with Gasteiger partial charge in [0.1, 0.15) is 6.61 Å². The van der Waals surface area contributed by atoms with Crippen LogP contribution in [0.4, 0.5) is 0 Å². The summed E-state index contributed by atoms with van der Waals surface area (Å²) < 4.78 is 11.1. The second-order valence-corrected chi connectivity index (χ2v) is 3.58. The standard InChI is InChI=1S/C13H20NO2/c1-4-15-12-7-5-6-8-13(12)16-10-9-14-11(2)3/h5-8,11,14H,2,4,9-10H2,1,3H3. The summed E-state index contributed by atoms with van der Waals surface area (Å²) in [7, 11) is 0. The number of para-hydroxylation sites is 2. The maximum Gasteiger partial charge on any atom is 0.161 e. The molecule has 0 amide bonds. The molecule has 0 aliphatic heterocycles. The maximum atomic E-state index is 5.62. The lowest BCUT2D eigenvalue weighted by molar-refractivity contribution is 0.274. The van der Waals surface area contributed by atoms with Gasteiger partial charge in [0.15, 0.2) is 11.5 Å². The number of rotatable bonds is 7. The normalized spacial score (nSPS) is 10.5. The van der Waals surface area contributed by atoms with Gasteiger partial charge in [-0.15, -0.1) is 0 Å². The number of ether oxygens (including phenoxy) is 2. The molecule has 0 aliphatic rings. The van der Waals surface area contributed by atoms with E-state index < -0.39 is 0 Å². The lowest BCUT2D eigenvalue weighted by atomic mass is 10.3. The molecule has 0 aliphatic carbocycles. The van der Waals surface area contributed by atoms with Crippen LogP contribution in [0.2, 0.25) is 0 Å². The van der Waals surface area contributed by atoms with E-state index in [1.807, 2.05) is 38.1 Å². The van der Waals surface area contributed by atoms with Gasteiger partial charge in [-0.05, 0) is 32.9 Å². The molecule has 1 aromatic rings. The van der Waals surface area contributed by atoms with Crippen molar-refractivity contribution in [3.05, 3.63) is 31.2 Å². The van der Waals surface area contributed by atoms with Gasteiger partial charge in [-0.1, -0.05) is 12.1 Å². The summed E-state index contributed by atoms with van der Waals surface area (Å²) in [6.45, 7) is 9.85. The monoisotopic (exact) mass is 222 g/mol. The minimum Gasteiger partial charge on any atom is -0.490 e. The van der Waals surface area contributed by atoms with Crippen molar-refractivity contribution in [1.29, 1.82) is 0 Å². The molecule has 1 radical (unpaired) electrons. The second kappa shape index (κ2) is 7.12. The first-order valence-corrected chi connectivity index (χ1v) is 5.65. The first-order valence-electron chi connectivity index (χ1n) is 5.65. The van der Waals surface area contributed by atoms with E-state index in [0.29, 0.717) is 13.2 Å². The average Bonchev–Trinajstić information content (AvgIpc) is 2.26. The van der Waals surface area contributed by atoms with Crippen LogP contribution in [-0.4, -0.2) is 25.8 Å². The fourth-order valence-electron chi connectivity index (χ4n) is 1.31. The molecule has 16 heavy (non-hydrogen) atoms. The Morgan fingerprint density at radius 1 is 1.25 bits per heavy atom. The highest BCUT2D eigenvalue weighted by Gasteiger charge is 2.02. The minimum atomic E-state index is 0.241. The topological polar surface area (TPSA) is 30.5 Å². The highest BCUT2D eigenvalue weighted by molar-refractivity contribution is 5.39. The van der Waals surface area contributed by atoms with Gasteiger partial charge in [-0.2, -0.15) is 0 Å². The molecule has 1 unspecified atom stereocenters. The molecule has 0 bridgehead atoms. The first kappa shape index (κ1) is 12.8. The number of hydrogen-bond donors (Lipinski definition) is 1. The lowest BCUT2D eigenvalue weighted by Gasteiger charge is -2.12. The van der Waals surface area contributed by atoms with Crippen LogP contribution in [0.3, 0.4) is 0 Å². The van der Waals surface area contributed by atoms with Crippen LogP contribution < -0.4 is 14.8 Å². The minimum absolute atomic E-state index is 0.241. The molecule has 0 saturated carbocycles. The summed E-state index contributed by atoms with van der Waals surface area (Å²) in [4.78, 5) is 0. The highest BCUT2D eigenvalue weighted by atomic mass is 16.5. The van der Waals surface area contributed by atoms with Crippen molar-refractivity contribution in [1.82, 2.24) is 5.32 Å². The summed E-state index contributed by atoms with van der Waals surface area (Å²) in [5, 5.41) is 3.19. The summed E-state index contributed by atoms with van der Waals surface area (Å²) >= 11 is 0. The van der Waals surface area contributed by atoms with Crippen molar-refractivity contribution in [3.63, 3.8) is 0 Å². The van der Waals surface area contributed by atoms with Gasteiger partial charge in [0.2, 0.25) is 0 Å². The van der Waals surface area contributed by atoms with Crippen LogP contribution in [0, 0.1) is 6.92 Å². The van der Waals surface area contributed by atoms with E-state index in [4.69, 9.17) is 9.47 Å². The van der Waals surface area contributed by atoms with Gasteiger partial charge in [0.05, 0.1) is 6.61 Å². The second-order valence-electron chi connectivity index (χ2n) is 3.58. The van der Waals surface area contributed by atoms with Gasteiger partial charge in [0.25, 0.3) is 0 Å². The predicted octanol–water partition coefficient (Wildman–Crippen LogP) is 2.28. The predicted molar refractivity (Wildman–Crippen MR) is 65.9 cm³/mol. The molecule has 1 aromatic carbocycles. The Bertz CT molecular complexity index is 300. The van der Waals surface area contributed by atoms with Crippen molar-refractivity contribution < 1.29 is 9.47 Å². The molecule has 3 heteroatoms. The Morgan fingerprint density at radius 3 is 2.44 bits per heavy atom. The van der Waals surface area contributed by atoms with E-state index in [0.717, 1.165) is 18.0 Å². The molecule has 0 fully saturated rings. The Hall–Kier alpha value is -1.22. The third kappa shape index (κ3) is 4.53. The fourth-order valence-corrected chi connectivity index (χ4v) is 1.31. The van der Waals surface area contributed by atoms with Crippen LogP contribution in [0.5, 0.6) is 11.5 Å². The quantitative estimate of drug-likeness (QED) is 0.718. The maximum absolute atomic E-state index is 5.62. The Balaban J connectivity index is 2.40. The zero-order valence-corrected chi connectivity index (χ0v) is 10.0. The number of benzene rings is 1. The van der Waals surface area contributed by atoms with Crippen molar-refractivity contribution in [2.24, 2.45) is 0 Å². The van der Waals surface area contributed by atoms with E-state index in [1.165, 1.54) is 0 Å². The molecule has 0 spiro atoms. The zero-order chi connectivity index (χ0) is 11.8. The summed E-state index contributed by atoms with van der Waals surface area (Å²) in [5.41, 5.74) is 0. The fraction of sp³-hybridized carbons (Fsp3) is 0.462. The zero-order valence-electron chi connectivity index (χ0n) is 10.0. The molecule has 1 N–H and O–H groups in total. The Labute approximate surface area is 97.8 Å². The molecule has 0 heterocycles. The van der Waals surface area contributed by atoms with Crippen molar-refractivity contribution in [2.75, 3.05) is 19.8 Å². The van der Waals surface area contributed by atoms with Crippen molar-refractivity contribution in [3.8, 4) is 11.5 Å². The SMILES string of the molecule is [CH2]C(C)NCCOc1ccccc1OCC. The van der Waals surface area contributed by atoms with E-state index >= 15 is 0 Å². The van der Waals surface area contributed by atoms with Crippen LogP contribution in [0.15, 0.2) is 24.3 Å². The molecular formula is C13H20NO2. The van der Waals surface area contributed by atoms with Gasteiger partial charge in [0, 0.05) is 12.6 Å². The first-order chi connectivity index (χ1) is 7.74. The molecular weight excluding hydrogens is 202 g/mol. The van der Waals surface area contributed by atoms with E-state index in [9.17, 15) is 0 Å². The van der Waals surface area contributed by atoms with Gasteiger partial charge in [-0.25, -0.2) is 0 Å². The summed E-state index contributed by atoms with van der Waals surface area (Å²) in [6, 6.07) is 7.95. The number of nitrogens with one attached hydrogen (secondary N) is 1. The largest absolute Gasteiger partial charge is 0.490 e. The molecule has 3 nitrogen and oxygen atoms in total. The summed E-state index contributed by atoms with van der Waals surface area (Å²) in [6.07, 6.45) is 0. The highest BCUT2D eigenvalue weighted by Crippen LogP contribution is 2.25. The lowest BCUT2D eigenvalue weighted by Crippen LogP contribution is -2.27. The van der Waals surface area contributed by atoms with Crippen LogP contribution in [0.25, 0.3) is 0 Å². The van der Waals surface area contributed by atoms with Crippen LogP contribution in [-0.2, 0) is 0 Å².